The van der Waals surface area contributed by atoms with Crippen LogP contribution < -0.4 is 5.32 Å². The number of nitrogens with one attached hydrogen (secondary N) is 1. The molecule has 11 heteroatoms. The topological polar surface area (TPSA) is 77.1 Å². The van der Waals surface area contributed by atoms with E-state index in [1.165, 1.54) is 6.07 Å². The number of alkyl halides is 3. The van der Waals surface area contributed by atoms with Crippen LogP contribution in [0.5, 0.6) is 0 Å². The summed E-state index contributed by atoms with van der Waals surface area (Å²) in [6.07, 6.45) is 4.24. The van der Waals surface area contributed by atoms with E-state index in [9.17, 15) is 18.0 Å². The van der Waals surface area contributed by atoms with Crippen molar-refractivity contribution in [3.05, 3.63) is 47.3 Å². The number of thiophene rings is 1. The molecule has 0 bridgehead atoms. The van der Waals surface area contributed by atoms with Crippen LogP contribution >= 0.6 is 11.3 Å². The molecule has 0 aromatic carbocycles. The molecule has 0 unspecified atom stereocenters. The molecule has 4 rings (SSSR count). The van der Waals surface area contributed by atoms with Crippen LogP contribution in [-0.2, 0) is 7.05 Å². The van der Waals surface area contributed by atoms with Crippen molar-refractivity contribution < 1.29 is 18.0 Å². The van der Waals surface area contributed by atoms with E-state index in [0.29, 0.717) is 16.8 Å². The minimum Gasteiger partial charge on any atom is -0.342 e. The molecular formula is C17H13F3N6OS. The smallest absolute Gasteiger partial charge is 0.342 e. The average molecular weight is 406 g/mol. The molecule has 0 spiro atoms. The Labute approximate surface area is 160 Å². The lowest BCUT2D eigenvalue weighted by Crippen LogP contribution is -2.33. The van der Waals surface area contributed by atoms with E-state index in [1.807, 2.05) is 24.8 Å². The Morgan fingerprint density at radius 2 is 1.93 bits per heavy atom. The van der Waals surface area contributed by atoms with Gasteiger partial charge in [-0.15, -0.1) is 11.3 Å². The van der Waals surface area contributed by atoms with Crippen molar-refractivity contribution in [1.29, 1.82) is 0 Å². The number of nitrogens with zero attached hydrogens (tertiary/aromatic N) is 5. The number of carbonyl (C=O) groups excluding carboxylic acids is 1. The highest BCUT2D eigenvalue weighted by molar-refractivity contribution is 7.12. The van der Waals surface area contributed by atoms with Crippen molar-refractivity contribution in [3.63, 3.8) is 0 Å². The van der Waals surface area contributed by atoms with E-state index in [1.54, 1.807) is 33.2 Å². The van der Waals surface area contributed by atoms with E-state index in [0.717, 1.165) is 22.5 Å². The maximum atomic E-state index is 12.3. The Morgan fingerprint density at radius 1 is 1.14 bits per heavy atom. The zero-order valence-electron chi connectivity index (χ0n) is 14.4. The van der Waals surface area contributed by atoms with Gasteiger partial charge in [0.05, 0.1) is 17.3 Å². The zero-order chi connectivity index (χ0) is 19.9. The minimum absolute atomic E-state index is 0.186. The van der Waals surface area contributed by atoms with Crippen molar-refractivity contribution in [2.24, 2.45) is 7.05 Å². The highest BCUT2D eigenvalue weighted by atomic mass is 32.1. The third-order valence-electron chi connectivity index (χ3n) is 3.98. The Hall–Kier alpha value is -3.21. The van der Waals surface area contributed by atoms with Gasteiger partial charge in [-0.1, -0.05) is 0 Å². The summed E-state index contributed by atoms with van der Waals surface area (Å²) in [5, 5.41) is 12.0. The van der Waals surface area contributed by atoms with Crippen LogP contribution in [0.3, 0.4) is 0 Å². The number of hydrogen-bond donors (Lipinski definition) is 1. The fourth-order valence-corrected chi connectivity index (χ4v) is 3.49. The van der Waals surface area contributed by atoms with Gasteiger partial charge in [0.1, 0.15) is 6.54 Å². The number of fused-ring (bicyclic) bond motifs is 1. The molecule has 4 aromatic heterocycles. The number of amides is 1. The molecule has 0 fully saturated rings. The number of hydrogen-bond acceptors (Lipinski definition) is 5. The van der Waals surface area contributed by atoms with Gasteiger partial charge < -0.3 is 5.32 Å². The molecule has 144 valence electrons. The first kappa shape index (κ1) is 18.2. The van der Waals surface area contributed by atoms with Gasteiger partial charge in [-0.2, -0.15) is 23.4 Å². The molecule has 1 N–H and O–H groups in total. The van der Waals surface area contributed by atoms with E-state index in [2.05, 4.69) is 15.2 Å². The Morgan fingerprint density at radius 3 is 2.64 bits per heavy atom. The predicted octanol–water partition coefficient (Wildman–Crippen LogP) is 3.15. The SMILES string of the molecule is Cn1cc(-c2cnc3c(-c4csc(C(=O)NCC(F)(F)F)c4)cnn3c2)cn1. The van der Waals surface area contributed by atoms with Gasteiger partial charge in [0.15, 0.2) is 5.65 Å². The lowest BCUT2D eigenvalue weighted by atomic mass is 10.1. The summed E-state index contributed by atoms with van der Waals surface area (Å²) in [7, 11) is 1.82. The largest absolute Gasteiger partial charge is 0.405 e. The predicted molar refractivity (Wildman–Crippen MR) is 96.9 cm³/mol. The second kappa shape index (κ2) is 6.75. The summed E-state index contributed by atoms with van der Waals surface area (Å²) in [5.41, 5.74) is 3.66. The molecule has 0 saturated carbocycles. The summed E-state index contributed by atoms with van der Waals surface area (Å²) in [5.74, 6) is -0.767. The maximum absolute atomic E-state index is 12.3. The number of aromatic nitrogens is 5. The van der Waals surface area contributed by atoms with E-state index >= 15 is 0 Å². The van der Waals surface area contributed by atoms with Crippen LogP contribution in [0, 0.1) is 0 Å². The monoisotopic (exact) mass is 406 g/mol. The van der Waals surface area contributed by atoms with Gasteiger partial charge in [0.25, 0.3) is 5.91 Å². The molecule has 0 aliphatic heterocycles. The lowest BCUT2D eigenvalue weighted by Gasteiger charge is -2.06. The van der Waals surface area contributed by atoms with Crippen molar-refractivity contribution in [2.75, 3.05) is 6.54 Å². The van der Waals surface area contributed by atoms with Crippen LogP contribution in [-0.4, -0.2) is 43.0 Å². The van der Waals surface area contributed by atoms with Crippen molar-refractivity contribution in [2.45, 2.75) is 6.18 Å². The molecule has 28 heavy (non-hydrogen) atoms. The molecule has 0 radical (unpaired) electrons. The zero-order valence-corrected chi connectivity index (χ0v) is 15.3. The first-order chi connectivity index (χ1) is 13.3. The van der Waals surface area contributed by atoms with Crippen molar-refractivity contribution >= 4 is 22.9 Å². The molecule has 0 aliphatic rings. The standard InChI is InChI=1S/C17H13F3N6OS/c1-25-6-12(4-23-25)11-3-21-15-13(5-24-26(15)7-11)10-2-14(28-8-10)16(27)22-9-17(18,19)20/h2-8H,9H2,1H3,(H,22,27). The Balaban J connectivity index is 1.60. The van der Waals surface area contributed by atoms with Gasteiger partial charge in [0.2, 0.25) is 0 Å². The summed E-state index contributed by atoms with van der Waals surface area (Å²) >= 11 is 1.06. The van der Waals surface area contributed by atoms with E-state index in [-0.39, 0.29) is 4.88 Å². The molecule has 4 aromatic rings. The lowest BCUT2D eigenvalue weighted by molar-refractivity contribution is -0.123. The molecule has 7 nitrogen and oxygen atoms in total. The van der Waals surface area contributed by atoms with Crippen LogP contribution in [0.2, 0.25) is 0 Å². The van der Waals surface area contributed by atoms with Gasteiger partial charge in [-0.05, 0) is 17.0 Å². The van der Waals surface area contributed by atoms with Gasteiger partial charge in [-0.25, -0.2) is 9.50 Å². The number of rotatable bonds is 4. The first-order valence-corrected chi connectivity index (χ1v) is 8.94. The summed E-state index contributed by atoms with van der Waals surface area (Å²) in [4.78, 5) is 16.5. The Bertz CT molecular complexity index is 1160. The van der Waals surface area contributed by atoms with Gasteiger partial charge >= 0.3 is 6.18 Å². The van der Waals surface area contributed by atoms with E-state index < -0.39 is 18.6 Å². The first-order valence-electron chi connectivity index (χ1n) is 8.06. The molecule has 0 atom stereocenters. The normalized spacial score (nSPS) is 11.9. The van der Waals surface area contributed by atoms with Gasteiger partial charge in [0, 0.05) is 42.3 Å². The van der Waals surface area contributed by atoms with Crippen LogP contribution in [0.25, 0.3) is 27.9 Å². The van der Waals surface area contributed by atoms with Gasteiger partial charge in [-0.3, -0.25) is 9.48 Å². The van der Waals surface area contributed by atoms with Crippen LogP contribution in [0.15, 0.2) is 42.4 Å². The highest BCUT2D eigenvalue weighted by Gasteiger charge is 2.28. The van der Waals surface area contributed by atoms with Crippen LogP contribution in [0.1, 0.15) is 9.67 Å². The average Bonchev–Trinajstić information content (AvgIpc) is 3.37. The highest BCUT2D eigenvalue weighted by Crippen LogP contribution is 2.29. The summed E-state index contributed by atoms with van der Waals surface area (Å²) < 4.78 is 40.1. The summed E-state index contributed by atoms with van der Waals surface area (Å²) in [6, 6.07) is 1.53. The third kappa shape index (κ3) is 3.60. The molecule has 1 amide bonds. The Kier molecular flexibility index (Phi) is 4.38. The van der Waals surface area contributed by atoms with Crippen LogP contribution in [0.4, 0.5) is 13.2 Å². The molecular weight excluding hydrogens is 393 g/mol. The second-order valence-electron chi connectivity index (χ2n) is 6.07. The second-order valence-corrected chi connectivity index (χ2v) is 6.98. The quantitative estimate of drug-likeness (QED) is 0.565. The number of carbonyl (C=O) groups is 1. The molecule has 0 aliphatic carbocycles. The summed E-state index contributed by atoms with van der Waals surface area (Å²) in [6.45, 7) is -1.37. The molecule has 0 saturated heterocycles. The van der Waals surface area contributed by atoms with E-state index in [4.69, 9.17) is 0 Å². The third-order valence-corrected chi connectivity index (χ3v) is 4.91. The van der Waals surface area contributed by atoms with Crippen molar-refractivity contribution in [3.8, 4) is 22.3 Å². The maximum Gasteiger partial charge on any atom is 0.405 e. The fraction of sp³-hybridized carbons (Fsp3) is 0.176. The molecule has 4 heterocycles. The number of halogens is 3. The minimum atomic E-state index is -4.45. The fourth-order valence-electron chi connectivity index (χ4n) is 2.66. The van der Waals surface area contributed by atoms with Crippen molar-refractivity contribution in [1.82, 2.24) is 29.7 Å². The number of aryl methyl sites for hydroxylation is 1.